The van der Waals surface area contributed by atoms with Gasteiger partial charge in [0.05, 0.1) is 30.3 Å². The largest absolute Gasteiger partial charge is 0.459 e. The summed E-state index contributed by atoms with van der Waals surface area (Å²) in [5.74, 6) is -0.958. The number of imidazole rings is 1. The van der Waals surface area contributed by atoms with Crippen LogP contribution in [0.15, 0.2) is 66.9 Å². The predicted octanol–water partition coefficient (Wildman–Crippen LogP) is 3.93. The maximum Gasteiger partial charge on any atom is 0.412 e. The minimum atomic E-state index is -1.24. The molecule has 1 aliphatic rings. The molecule has 0 bridgehead atoms. The predicted molar refractivity (Wildman–Crippen MR) is 134 cm³/mol. The molecule has 12 heteroatoms. The van der Waals surface area contributed by atoms with Gasteiger partial charge in [0.15, 0.2) is 5.82 Å². The first-order valence-corrected chi connectivity index (χ1v) is 11.9. The van der Waals surface area contributed by atoms with Crippen molar-refractivity contribution < 1.29 is 32.9 Å². The van der Waals surface area contributed by atoms with Crippen molar-refractivity contribution in [3.8, 4) is 28.7 Å². The van der Waals surface area contributed by atoms with E-state index in [9.17, 15) is 14.0 Å². The first-order chi connectivity index (χ1) is 18.8. The first-order valence-electron chi connectivity index (χ1n) is 11.9. The Morgan fingerprint density at radius 1 is 1.08 bits per heavy atom. The number of aromatic nitrogens is 4. The number of aromatic amines is 1. The molecule has 0 aliphatic carbocycles. The van der Waals surface area contributed by atoms with Crippen molar-refractivity contribution in [3.05, 3.63) is 84.1 Å². The number of primary amides is 1. The third kappa shape index (κ3) is 5.92. The quantitative estimate of drug-likeness (QED) is 0.266. The molecule has 4 aromatic rings. The van der Waals surface area contributed by atoms with Crippen molar-refractivity contribution in [3.63, 3.8) is 0 Å². The van der Waals surface area contributed by atoms with Gasteiger partial charge in [-0.25, -0.2) is 19.2 Å². The van der Waals surface area contributed by atoms with E-state index in [2.05, 4.69) is 24.7 Å². The molecule has 39 heavy (non-hydrogen) atoms. The molecule has 1 amide bonds. The number of hydrogen-bond donors (Lipinski definition) is 2. The smallest absolute Gasteiger partial charge is 0.412 e. The Balaban J connectivity index is 1.42. The van der Waals surface area contributed by atoms with Crippen LogP contribution in [0.5, 0.6) is 6.01 Å². The SMILES string of the molecule is CC1(C(=O)OC(N)=O)COC(c2nc(-c3ccc(F)cc3)c(-c3ccnc(OCc4ccccc4)n3)[nH]2)OC1. The van der Waals surface area contributed by atoms with E-state index in [0.717, 1.165) is 5.56 Å². The van der Waals surface area contributed by atoms with Gasteiger partial charge < -0.3 is 29.7 Å². The van der Waals surface area contributed by atoms with E-state index in [1.807, 2.05) is 30.3 Å². The third-order valence-electron chi connectivity index (χ3n) is 5.96. The molecule has 1 aliphatic heterocycles. The van der Waals surface area contributed by atoms with Gasteiger partial charge in [-0.1, -0.05) is 30.3 Å². The fraction of sp³-hybridized carbons (Fsp3) is 0.222. The number of carbonyl (C=O) groups is 2. The Morgan fingerprint density at radius 3 is 2.49 bits per heavy atom. The molecule has 11 nitrogen and oxygen atoms in total. The third-order valence-corrected chi connectivity index (χ3v) is 5.96. The van der Waals surface area contributed by atoms with Gasteiger partial charge in [0, 0.05) is 11.8 Å². The van der Waals surface area contributed by atoms with Gasteiger partial charge in [0.1, 0.15) is 17.8 Å². The molecule has 200 valence electrons. The molecule has 0 saturated carbocycles. The number of amides is 1. The van der Waals surface area contributed by atoms with Gasteiger partial charge in [0.2, 0.25) is 6.29 Å². The molecule has 3 N–H and O–H groups in total. The van der Waals surface area contributed by atoms with Crippen LogP contribution in [0, 0.1) is 11.2 Å². The molecule has 0 atom stereocenters. The van der Waals surface area contributed by atoms with Gasteiger partial charge >= 0.3 is 18.1 Å². The molecule has 0 unspecified atom stereocenters. The van der Waals surface area contributed by atoms with Gasteiger partial charge in [-0.05, 0) is 42.8 Å². The monoisotopic (exact) mass is 533 g/mol. The molecule has 2 aromatic carbocycles. The molecule has 0 spiro atoms. The second-order valence-corrected chi connectivity index (χ2v) is 9.07. The van der Waals surface area contributed by atoms with Crippen molar-refractivity contribution in [1.82, 2.24) is 19.9 Å². The highest BCUT2D eigenvalue weighted by molar-refractivity contribution is 5.87. The summed E-state index contributed by atoms with van der Waals surface area (Å²) in [5.41, 5.74) is 6.72. The van der Waals surface area contributed by atoms with Crippen LogP contribution in [0.4, 0.5) is 9.18 Å². The van der Waals surface area contributed by atoms with Crippen LogP contribution >= 0.6 is 0 Å². The van der Waals surface area contributed by atoms with Crippen molar-refractivity contribution >= 4 is 12.1 Å². The van der Waals surface area contributed by atoms with Gasteiger partial charge in [-0.3, -0.25) is 4.79 Å². The summed E-state index contributed by atoms with van der Waals surface area (Å²) in [6.07, 6.45) is -0.621. The highest BCUT2D eigenvalue weighted by Crippen LogP contribution is 2.36. The average Bonchev–Trinajstić information content (AvgIpc) is 3.39. The Hall–Kier alpha value is -4.68. The average molecular weight is 534 g/mol. The molecule has 0 radical (unpaired) electrons. The van der Waals surface area contributed by atoms with Gasteiger partial charge in [-0.15, -0.1) is 0 Å². The summed E-state index contributed by atoms with van der Waals surface area (Å²) in [5, 5.41) is 0. The second-order valence-electron chi connectivity index (χ2n) is 9.07. The number of nitrogens with zero attached hydrogens (tertiary/aromatic N) is 3. The Morgan fingerprint density at radius 2 is 1.79 bits per heavy atom. The second kappa shape index (κ2) is 11.0. The zero-order valence-corrected chi connectivity index (χ0v) is 20.8. The van der Waals surface area contributed by atoms with E-state index in [1.165, 1.54) is 19.1 Å². The number of benzene rings is 2. The fourth-order valence-electron chi connectivity index (χ4n) is 3.88. The molecule has 1 fully saturated rings. The Kier molecular flexibility index (Phi) is 7.30. The minimum absolute atomic E-state index is 0.114. The number of rotatable bonds is 7. The number of nitrogens with two attached hydrogens (primary N) is 1. The van der Waals surface area contributed by atoms with Gasteiger partial charge in [-0.2, -0.15) is 4.98 Å². The van der Waals surface area contributed by atoms with E-state index in [-0.39, 0.29) is 25.8 Å². The van der Waals surface area contributed by atoms with Crippen LogP contribution in [0.25, 0.3) is 22.6 Å². The number of H-pyrrole nitrogens is 1. The van der Waals surface area contributed by atoms with Crippen molar-refractivity contribution in [2.75, 3.05) is 13.2 Å². The topological polar surface area (TPSA) is 152 Å². The van der Waals surface area contributed by atoms with E-state index in [4.69, 9.17) is 19.9 Å². The van der Waals surface area contributed by atoms with Crippen LogP contribution in [0.2, 0.25) is 0 Å². The molecule has 2 aromatic heterocycles. The number of halogens is 1. The summed E-state index contributed by atoms with van der Waals surface area (Å²) in [6.45, 7) is 1.58. The normalized spacial score (nSPS) is 18.9. The van der Waals surface area contributed by atoms with E-state index < -0.39 is 29.6 Å². The Labute approximate surface area is 222 Å². The Bertz CT molecular complexity index is 1470. The number of carbonyl (C=O) groups excluding carboxylic acids is 2. The first kappa shape index (κ1) is 25.9. The summed E-state index contributed by atoms with van der Waals surface area (Å²) in [4.78, 5) is 39.8. The van der Waals surface area contributed by atoms with Crippen molar-refractivity contribution in [2.24, 2.45) is 11.1 Å². The number of esters is 1. The molecule has 3 heterocycles. The summed E-state index contributed by atoms with van der Waals surface area (Å²) < 4.78 is 35.5. The van der Waals surface area contributed by atoms with Crippen LogP contribution in [-0.2, 0) is 25.6 Å². The zero-order valence-electron chi connectivity index (χ0n) is 20.8. The van der Waals surface area contributed by atoms with Crippen LogP contribution in [-0.4, -0.2) is 45.2 Å². The zero-order chi connectivity index (χ0) is 27.4. The molecule has 5 rings (SSSR count). The van der Waals surface area contributed by atoms with Crippen molar-refractivity contribution in [2.45, 2.75) is 19.8 Å². The lowest BCUT2D eigenvalue weighted by Crippen LogP contribution is -2.45. The van der Waals surface area contributed by atoms with Crippen molar-refractivity contribution in [1.29, 1.82) is 0 Å². The molecular weight excluding hydrogens is 509 g/mol. The van der Waals surface area contributed by atoms with E-state index >= 15 is 0 Å². The van der Waals surface area contributed by atoms with Crippen LogP contribution in [0.3, 0.4) is 0 Å². The number of ether oxygens (including phenoxy) is 4. The lowest BCUT2D eigenvalue weighted by atomic mass is 9.92. The van der Waals surface area contributed by atoms with E-state index in [1.54, 1.807) is 24.4 Å². The van der Waals surface area contributed by atoms with Crippen LogP contribution < -0.4 is 10.5 Å². The highest BCUT2D eigenvalue weighted by Gasteiger charge is 2.43. The van der Waals surface area contributed by atoms with Gasteiger partial charge in [0.25, 0.3) is 0 Å². The fourth-order valence-corrected chi connectivity index (χ4v) is 3.88. The molecular formula is C27H24FN5O6. The molecule has 1 saturated heterocycles. The lowest BCUT2D eigenvalue weighted by molar-refractivity contribution is -0.236. The maximum atomic E-state index is 13.6. The summed E-state index contributed by atoms with van der Waals surface area (Å²) in [6, 6.07) is 17.3. The highest BCUT2D eigenvalue weighted by atomic mass is 19.1. The minimum Gasteiger partial charge on any atom is -0.459 e. The number of nitrogens with one attached hydrogen (secondary N) is 1. The number of hydrogen-bond acceptors (Lipinski definition) is 9. The summed E-state index contributed by atoms with van der Waals surface area (Å²) >= 11 is 0. The standard InChI is InChI=1S/C27H24FN5O6/c1-27(24(34)39-25(29)35)14-37-23(38-15-27)22-32-20(17-7-9-18(28)10-8-17)21(33-22)19-11-12-30-26(31-19)36-13-16-5-3-2-4-6-16/h2-12,23H,13-15H2,1H3,(H2,29,35)(H,32,33). The maximum absolute atomic E-state index is 13.6. The summed E-state index contributed by atoms with van der Waals surface area (Å²) in [7, 11) is 0. The van der Waals surface area contributed by atoms with E-state index in [0.29, 0.717) is 28.5 Å². The lowest BCUT2D eigenvalue weighted by Gasteiger charge is -2.34. The van der Waals surface area contributed by atoms with Crippen LogP contribution in [0.1, 0.15) is 24.6 Å².